The van der Waals surface area contributed by atoms with Gasteiger partial charge in [0.1, 0.15) is 5.01 Å². The van der Waals surface area contributed by atoms with Gasteiger partial charge < -0.3 is 5.32 Å². The zero-order valence-corrected chi connectivity index (χ0v) is 13.8. The molecule has 1 aliphatic rings. The summed E-state index contributed by atoms with van der Waals surface area (Å²) in [7, 11) is 0. The first-order valence-electron chi connectivity index (χ1n) is 8.01. The quantitative estimate of drug-likeness (QED) is 0.857. The van der Waals surface area contributed by atoms with Gasteiger partial charge in [0.25, 0.3) is 0 Å². The highest BCUT2D eigenvalue weighted by Crippen LogP contribution is 2.35. The van der Waals surface area contributed by atoms with Crippen molar-refractivity contribution in [1.29, 1.82) is 5.26 Å². The van der Waals surface area contributed by atoms with Gasteiger partial charge in [-0.25, -0.2) is 4.98 Å². The Balaban J connectivity index is 1.71. The van der Waals surface area contributed by atoms with E-state index in [-0.39, 0.29) is 11.9 Å². The number of para-hydroxylation sites is 1. The summed E-state index contributed by atoms with van der Waals surface area (Å²) in [5.74, 6) is -0.00624. The fourth-order valence-corrected chi connectivity index (χ4v) is 4.13. The molecule has 0 spiro atoms. The minimum absolute atomic E-state index is 0.00624. The summed E-state index contributed by atoms with van der Waals surface area (Å²) in [5, 5.41) is 12.5. The number of piperidine rings is 1. The summed E-state index contributed by atoms with van der Waals surface area (Å²) in [6.45, 7) is 1.73. The number of nitrogens with one attached hydrogen (secondary N) is 1. The lowest BCUT2D eigenvalue weighted by molar-refractivity contribution is -0.123. The van der Waals surface area contributed by atoms with Crippen LogP contribution >= 0.6 is 11.3 Å². The molecule has 1 N–H and O–H groups in total. The minimum Gasteiger partial charge on any atom is -0.354 e. The first kappa shape index (κ1) is 15.9. The van der Waals surface area contributed by atoms with Crippen molar-refractivity contribution < 1.29 is 4.79 Å². The van der Waals surface area contributed by atoms with Gasteiger partial charge in [-0.15, -0.1) is 11.3 Å². The van der Waals surface area contributed by atoms with Crippen LogP contribution in [0.15, 0.2) is 24.3 Å². The van der Waals surface area contributed by atoms with E-state index in [1.54, 1.807) is 11.3 Å². The summed E-state index contributed by atoms with van der Waals surface area (Å²) in [5.41, 5.74) is 1.04. The van der Waals surface area contributed by atoms with Crippen LogP contribution in [0.3, 0.4) is 0 Å². The van der Waals surface area contributed by atoms with Gasteiger partial charge >= 0.3 is 0 Å². The summed E-state index contributed by atoms with van der Waals surface area (Å²) in [6.07, 6.45) is 3.69. The summed E-state index contributed by atoms with van der Waals surface area (Å²) in [6, 6.07) is 10.4. The van der Waals surface area contributed by atoms with Gasteiger partial charge in [0.15, 0.2) is 0 Å². The average molecular weight is 328 g/mol. The number of likely N-dealkylation sites (tertiary alicyclic amines) is 1. The third-order valence-electron chi connectivity index (χ3n) is 4.11. The maximum Gasteiger partial charge on any atom is 0.234 e. The van der Waals surface area contributed by atoms with Gasteiger partial charge in [-0.1, -0.05) is 18.6 Å². The van der Waals surface area contributed by atoms with Crippen LogP contribution in [0.25, 0.3) is 10.2 Å². The number of thiazole rings is 1. The molecule has 0 unspecified atom stereocenters. The number of nitrogens with zero attached hydrogens (tertiary/aromatic N) is 3. The number of carbonyl (C=O) groups excluding carboxylic acids is 1. The average Bonchev–Trinajstić information content (AvgIpc) is 2.99. The van der Waals surface area contributed by atoms with Crippen molar-refractivity contribution in [2.45, 2.75) is 31.7 Å². The topological polar surface area (TPSA) is 69.0 Å². The molecule has 120 valence electrons. The molecule has 1 aromatic heterocycles. The summed E-state index contributed by atoms with van der Waals surface area (Å²) in [4.78, 5) is 19.1. The number of hydrogen-bond donors (Lipinski definition) is 1. The van der Waals surface area contributed by atoms with E-state index in [2.05, 4.69) is 16.3 Å². The molecule has 6 heteroatoms. The maximum atomic E-state index is 12.1. The molecule has 0 aliphatic carbocycles. The van der Waals surface area contributed by atoms with Crippen LogP contribution in [-0.2, 0) is 4.79 Å². The third-order valence-corrected chi connectivity index (χ3v) is 5.25. The van der Waals surface area contributed by atoms with E-state index in [1.807, 2.05) is 24.3 Å². The zero-order valence-electron chi connectivity index (χ0n) is 13.0. The van der Waals surface area contributed by atoms with Crippen LogP contribution in [0.1, 0.15) is 36.7 Å². The van der Waals surface area contributed by atoms with Gasteiger partial charge in [0, 0.05) is 6.54 Å². The van der Waals surface area contributed by atoms with Crippen molar-refractivity contribution in [3.05, 3.63) is 29.3 Å². The standard InChI is InChI=1S/C17H20N4OS/c18-9-5-10-19-16(22)12-21-11-4-3-7-14(21)17-20-13-6-1-2-8-15(13)23-17/h1-2,6,8,14H,3-5,7,10-12H2,(H,19,22)/t14-/m1/s1. The molecule has 2 heterocycles. The van der Waals surface area contributed by atoms with Crippen molar-refractivity contribution in [1.82, 2.24) is 15.2 Å². The smallest absolute Gasteiger partial charge is 0.234 e. The molecule has 1 fully saturated rings. The largest absolute Gasteiger partial charge is 0.354 e. The van der Waals surface area contributed by atoms with Crippen molar-refractivity contribution in [2.24, 2.45) is 0 Å². The Morgan fingerprint density at radius 1 is 1.43 bits per heavy atom. The normalized spacial score (nSPS) is 18.7. The van der Waals surface area contributed by atoms with E-state index >= 15 is 0 Å². The predicted molar refractivity (Wildman–Crippen MR) is 91.0 cm³/mol. The molecule has 3 rings (SSSR count). The number of hydrogen-bond acceptors (Lipinski definition) is 5. The first-order valence-corrected chi connectivity index (χ1v) is 8.83. The molecular weight excluding hydrogens is 308 g/mol. The molecular formula is C17H20N4OS. The van der Waals surface area contributed by atoms with Gasteiger partial charge in [0.2, 0.25) is 5.91 Å². The maximum absolute atomic E-state index is 12.1. The second kappa shape index (κ2) is 7.53. The number of nitriles is 1. The molecule has 5 nitrogen and oxygen atoms in total. The fourth-order valence-electron chi connectivity index (χ4n) is 2.99. The van der Waals surface area contributed by atoms with Crippen molar-refractivity contribution in [2.75, 3.05) is 19.6 Å². The van der Waals surface area contributed by atoms with Crippen LogP contribution in [0, 0.1) is 11.3 Å². The van der Waals surface area contributed by atoms with Crippen molar-refractivity contribution in [3.8, 4) is 6.07 Å². The van der Waals surface area contributed by atoms with Crippen molar-refractivity contribution in [3.63, 3.8) is 0 Å². The monoisotopic (exact) mass is 328 g/mol. The Hall–Kier alpha value is -1.97. The SMILES string of the molecule is N#CCCNC(=O)CN1CCCC[C@@H]1c1nc2ccccc2s1. The number of fused-ring (bicyclic) bond motifs is 1. The van der Waals surface area contributed by atoms with Crippen LogP contribution in [-0.4, -0.2) is 35.4 Å². The van der Waals surface area contributed by atoms with Crippen molar-refractivity contribution >= 4 is 27.5 Å². The molecule has 0 radical (unpaired) electrons. The number of carbonyl (C=O) groups is 1. The number of rotatable bonds is 5. The zero-order chi connectivity index (χ0) is 16.1. The molecule has 23 heavy (non-hydrogen) atoms. The van der Waals surface area contributed by atoms with E-state index in [9.17, 15) is 4.79 Å². The van der Waals surface area contributed by atoms with E-state index in [4.69, 9.17) is 10.2 Å². The fraction of sp³-hybridized carbons (Fsp3) is 0.471. The molecule has 0 saturated carbocycles. The van der Waals surface area contributed by atoms with Crippen LogP contribution in [0.5, 0.6) is 0 Å². The summed E-state index contributed by atoms with van der Waals surface area (Å²) < 4.78 is 1.20. The molecule has 1 aliphatic heterocycles. The van der Waals surface area contributed by atoms with Gasteiger partial charge in [-0.3, -0.25) is 9.69 Å². The predicted octanol–water partition coefficient (Wildman–Crippen LogP) is 2.85. The lowest BCUT2D eigenvalue weighted by Gasteiger charge is -2.33. The van der Waals surface area contributed by atoms with Crippen LogP contribution in [0.2, 0.25) is 0 Å². The molecule has 1 amide bonds. The third kappa shape index (κ3) is 3.87. The molecule has 1 saturated heterocycles. The van der Waals surface area contributed by atoms with E-state index in [0.29, 0.717) is 19.5 Å². The number of amides is 1. The van der Waals surface area contributed by atoms with Gasteiger partial charge in [-0.2, -0.15) is 5.26 Å². The van der Waals surface area contributed by atoms with Crippen LogP contribution in [0.4, 0.5) is 0 Å². The first-order chi connectivity index (χ1) is 11.3. The van der Waals surface area contributed by atoms with E-state index in [0.717, 1.165) is 29.9 Å². The lowest BCUT2D eigenvalue weighted by atomic mass is 10.0. The molecule has 0 bridgehead atoms. The Kier molecular flexibility index (Phi) is 5.21. The van der Waals surface area contributed by atoms with E-state index in [1.165, 1.54) is 11.1 Å². The Morgan fingerprint density at radius 3 is 3.13 bits per heavy atom. The minimum atomic E-state index is -0.00624. The Labute approximate surface area is 139 Å². The number of benzene rings is 1. The second-order valence-corrected chi connectivity index (χ2v) is 6.82. The second-order valence-electron chi connectivity index (χ2n) is 5.76. The molecule has 1 aromatic carbocycles. The van der Waals surface area contributed by atoms with Gasteiger partial charge in [-0.05, 0) is 31.5 Å². The van der Waals surface area contributed by atoms with E-state index < -0.39 is 0 Å². The highest BCUT2D eigenvalue weighted by molar-refractivity contribution is 7.18. The Morgan fingerprint density at radius 2 is 2.30 bits per heavy atom. The highest BCUT2D eigenvalue weighted by Gasteiger charge is 2.28. The summed E-state index contributed by atoms with van der Waals surface area (Å²) >= 11 is 1.73. The van der Waals surface area contributed by atoms with Gasteiger partial charge in [0.05, 0.1) is 35.3 Å². The lowest BCUT2D eigenvalue weighted by Crippen LogP contribution is -2.41. The Bertz CT molecular complexity index is 688. The molecule has 2 aromatic rings. The molecule has 1 atom stereocenters. The number of aromatic nitrogens is 1. The van der Waals surface area contributed by atoms with Crippen LogP contribution < -0.4 is 5.32 Å². The highest BCUT2D eigenvalue weighted by atomic mass is 32.1.